The third kappa shape index (κ3) is 2.33. The van der Waals surface area contributed by atoms with E-state index in [-0.39, 0.29) is 11.3 Å². The molecule has 1 saturated carbocycles. The molecule has 1 aromatic rings. The zero-order valence-electron chi connectivity index (χ0n) is 10.6. The number of nitrogens with two attached hydrogens (primary N) is 1. The average molecular weight is 250 g/mol. The molecule has 1 aromatic carbocycles. The number of anilines is 2. The maximum absolute atomic E-state index is 13.1. The lowest BCUT2D eigenvalue weighted by atomic mass is 9.82. The number of carbonyl (C=O) groups is 1. The van der Waals surface area contributed by atoms with E-state index in [1.807, 2.05) is 6.92 Å². The third-order valence-electron chi connectivity index (χ3n) is 3.98. The highest BCUT2D eigenvalue weighted by atomic mass is 19.1. The predicted octanol–water partition coefficient (Wildman–Crippen LogP) is 3.32. The molecule has 1 amide bonds. The molecule has 0 spiro atoms. The number of benzene rings is 1. The summed E-state index contributed by atoms with van der Waals surface area (Å²) in [6.45, 7) is 2.03. The Morgan fingerprint density at radius 1 is 1.44 bits per heavy atom. The zero-order chi connectivity index (χ0) is 13.2. The number of halogens is 1. The second-order valence-corrected chi connectivity index (χ2v) is 5.03. The van der Waals surface area contributed by atoms with Crippen LogP contribution in [0.2, 0.25) is 0 Å². The van der Waals surface area contributed by atoms with Gasteiger partial charge >= 0.3 is 0 Å². The van der Waals surface area contributed by atoms with Crippen molar-refractivity contribution in [3.05, 3.63) is 24.0 Å². The summed E-state index contributed by atoms with van der Waals surface area (Å²) in [7, 11) is 0. The van der Waals surface area contributed by atoms with E-state index in [9.17, 15) is 9.18 Å². The quantitative estimate of drug-likeness (QED) is 0.808. The fourth-order valence-electron chi connectivity index (χ4n) is 2.68. The molecule has 18 heavy (non-hydrogen) atoms. The van der Waals surface area contributed by atoms with Crippen molar-refractivity contribution in [2.45, 2.75) is 39.0 Å². The van der Waals surface area contributed by atoms with Gasteiger partial charge in [-0.15, -0.1) is 0 Å². The van der Waals surface area contributed by atoms with Gasteiger partial charge in [-0.3, -0.25) is 4.79 Å². The fraction of sp³-hybridized carbons (Fsp3) is 0.500. The van der Waals surface area contributed by atoms with Crippen LogP contribution in [0.25, 0.3) is 0 Å². The number of nitrogens with one attached hydrogen (secondary N) is 1. The lowest BCUT2D eigenvalue weighted by molar-refractivity contribution is -0.125. The van der Waals surface area contributed by atoms with Gasteiger partial charge in [-0.1, -0.05) is 19.8 Å². The van der Waals surface area contributed by atoms with Gasteiger partial charge in [-0.25, -0.2) is 4.39 Å². The Bertz CT molecular complexity index is 453. The Hall–Kier alpha value is -1.58. The Balaban J connectivity index is 2.18. The van der Waals surface area contributed by atoms with Gasteiger partial charge in [0.2, 0.25) is 5.91 Å². The molecule has 0 aromatic heterocycles. The molecular weight excluding hydrogens is 231 g/mol. The first-order chi connectivity index (χ1) is 8.57. The van der Waals surface area contributed by atoms with E-state index >= 15 is 0 Å². The van der Waals surface area contributed by atoms with Crippen LogP contribution in [0.3, 0.4) is 0 Å². The monoisotopic (exact) mass is 250 g/mol. The molecule has 4 heteroatoms. The molecule has 1 fully saturated rings. The van der Waals surface area contributed by atoms with E-state index in [1.54, 1.807) is 0 Å². The maximum atomic E-state index is 13.1. The molecule has 98 valence electrons. The summed E-state index contributed by atoms with van der Waals surface area (Å²) in [5, 5.41) is 2.78. The van der Waals surface area contributed by atoms with Crippen molar-refractivity contribution < 1.29 is 9.18 Å². The van der Waals surface area contributed by atoms with Crippen LogP contribution in [0.5, 0.6) is 0 Å². The smallest absolute Gasteiger partial charge is 0.230 e. The average Bonchev–Trinajstić information content (AvgIpc) is 2.84. The summed E-state index contributed by atoms with van der Waals surface area (Å²) in [5.41, 5.74) is 6.22. The van der Waals surface area contributed by atoms with Gasteiger partial charge in [-0.05, 0) is 37.5 Å². The van der Waals surface area contributed by atoms with Crippen LogP contribution in [0.15, 0.2) is 18.2 Å². The molecule has 3 nitrogen and oxygen atoms in total. The Morgan fingerprint density at radius 3 is 2.72 bits per heavy atom. The molecule has 0 heterocycles. The van der Waals surface area contributed by atoms with Crippen molar-refractivity contribution in [2.75, 3.05) is 11.1 Å². The van der Waals surface area contributed by atoms with Crippen LogP contribution in [0.4, 0.5) is 15.8 Å². The molecule has 0 saturated heterocycles. The largest absolute Gasteiger partial charge is 0.397 e. The SMILES string of the molecule is CCC1(C(=O)Nc2cc(F)ccc2N)CCCC1. The van der Waals surface area contributed by atoms with Crippen LogP contribution < -0.4 is 11.1 Å². The summed E-state index contributed by atoms with van der Waals surface area (Å²) in [5.74, 6) is -0.420. The molecule has 1 aliphatic rings. The van der Waals surface area contributed by atoms with Gasteiger partial charge < -0.3 is 11.1 Å². The second kappa shape index (κ2) is 4.96. The molecule has 0 aliphatic heterocycles. The summed E-state index contributed by atoms with van der Waals surface area (Å²) in [6.07, 6.45) is 4.79. The van der Waals surface area contributed by atoms with Crippen LogP contribution in [-0.4, -0.2) is 5.91 Å². The number of hydrogen-bond acceptors (Lipinski definition) is 2. The van der Waals surface area contributed by atoms with Crippen molar-refractivity contribution in [3.63, 3.8) is 0 Å². The van der Waals surface area contributed by atoms with E-state index in [1.165, 1.54) is 18.2 Å². The lowest BCUT2D eigenvalue weighted by Crippen LogP contribution is -2.33. The van der Waals surface area contributed by atoms with Crippen LogP contribution in [0.1, 0.15) is 39.0 Å². The molecule has 1 aliphatic carbocycles. The Kier molecular flexibility index (Phi) is 3.55. The van der Waals surface area contributed by atoms with Crippen molar-refractivity contribution in [3.8, 4) is 0 Å². The van der Waals surface area contributed by atoms with Gasteiger partial charge in [0.1, 0.15) is 5.82 Å². The number of carbonyl (C=O) groups excluding carboxylic acids is 1. The van der Waals surface area contributed by atoms with Gasteiger partial charge in [-0.2, -0.15) is 0 Å². The van der Waals surface area contributed by atoms with E-state index < -0.39 is 5.82 Å². The highest BCUT2D eigenvalue weighted by Crippen LogP contribution is 2.42. The first-order valence-electron chi connectivity index (χ1n) is 6.44. The van der Waals surface area contributed by atoms with Crippen molar-refractivity contribution in [1.29, 1.82) is 0 Å². The van der Waals surface area contributed by atoms with E-state index in [2.05, 4.69) is 5.32 Å². The van der Waals surface area contributed by atoms with Gasteiger partial charge in [0.15, 0.2) is 0 Å². The highest BCUT2D eigenvalue weighted by Gasteiger charge is 2.39. The molecule has 0 unspecified atom stereocenters. The topological polar surface area (TPSA) is 55.1 Å². The minimum Gasteiger partial charge on any atom is -0.397 e. The van der Waals surface area contributed by atoms with Crippen LogP contribution in [-0.2, 0) is 4.79 Å². The van der Waals surface area contributed by atoms with Crippen molar-refractivity contribution >= 4 is 17.3 Å². The first-order valence-corrected chi connectivity index (χ1v) is 6.44. The second-order valence-electron chi connectivity index (χ2n) is 5.03. The van der Waals surface area contributed by atoms with Gasteiger partial charge in [0.05, 0.1) is 11.4 Å². The Labute approximate surface area is 107 Å². The molecule has 0 bridgehead atoms. The van der Waals surface area contributed by atoms with Crippen molar-refractivity contribution in [2.24, 2.45) is 5.41 Å². The molecule has 0 radical (unpaired) electrons. The molecular formula is C14H19FN2O. The third-order valence-corrected chi connectivity index (χ3v) is 3.98. The van der Waals surface area contributed by atoms with E-state index in [4.69, 9.17) is 5.73 Å². The zero-order valence-corrected chi connectivity index (χ0v) is 10.6. The summed E-state index contributed by atoms with van der Waals surface area (Å²) >= 11 is 0. The van der Waals surface area contributed by atoms with Gasteiger partial charge in [0, 0.05) is 5.41 Å². The lowest BCUT2D eigenvalue weighted by Gasteiger charge is -2.26. The molecule has 2 rings (SSSR count). The minimum atomic E-state index is -0.392. The minimum absolute atomic E-state index is 0.0280. The summed E-state index contributed by atoms with van der Waals surface area (Å²) in [4.78, 5) is 12.3. The Morgan fingerprint density at radius 2 is 2.11 bits per heavy atom. The summed E-state index contributed by atoms with van der Waals surface area (Å²) in [6, 6.07) is 4.03. The summed E-state index contributed by atoms with van der Waals surface area (Å²) < 4.78 is 13.1. The fourth-order valence-corrected chi connectivity index (χ4v) is 2.68. The number of hydrogen-bond donors (Lipinski definition) is 2. The van der Waals surface area contributed by atoms with E-state index in [0.29, 0.717) is 11.4 Å². The highest BCUT2D eigenvalue weighted by molar-refractivity contribution is 5.97. The number of rotatable bonds is 3. The first kappa shape index (κ1) is 12.9. The van der Waals surface area contributed by atoms with Gasteiger partial charge in [0.25, 0.3) is 0 Å². The molecule has 3 N–H and O–H groups in total. The number of amides is 1. The maximum Gasteiger partial charge on any atom is 0.230 e. The standard InChI is InChI=1S/C14H19FN2O/c1-2-14(7-3-4-8-14)13(18)17-12-9-10(15)5-6-11(12)16/h5-6,9H,2-4,7-8,16H2,1H3,(H,17,18). The van der Waals surface area contributed by atoms with Crippen LogP contribution >= 0.6 is 0 Å². The number of nitrogen functional groups attached to an aromatic ring is 1. The predicted molar refractivity (Wildman–Crippen MR) is 70.6 cm³/mol. The molecule has 0 atom stereocenters. The normalized spacial score (nSPS) is 17.7. The van der Waals surface area contributed by atoms with Crippen molar-refractivity contribution in [1.82, 2.24) is 0 Å². The van der Waals surface area contributed by atoms with Crippen LogP contribution in [0, 0.1) is 11.2 Å². The van der Waals surface area contributed by atoms with E-state index in [0.717, 1.165) is 32.1 Å².